The van der Waals surface area contributed by atoms with Crippen molar-refractivity contribution in [3.05, 3.63) is 47.5 Å². The molecule has 4 unspecified atom stereocenters. The minimum atomic E-state index is 0.264. The van der Waals surface area contributed by atoms with E-state index in [4.69, 9.17) is 0 Å². The van der Waals surface area contributed by atoms with Crippen molar-refractivity contribution in [3.63, 3.8) is 0 Å². The van der Waals surface area contributed by atoms with Gasteiger partial charge in [-0.15, -0.1) is 0 Å². The van der Waals surface area contributed by atoms with Crippen molar-refractivity contribution in [1.82, 2.24) is 0 Å². The van der Waals surface area contributed by atoms with E-state index in [-0.39, 0.29) is 5.92 Å². The Morgan fingerprint density at radius 3 is 2.67 bits per heavy atom. The molecular formula is C20H24O. The molecule has 3 saturated carbocycles. The van der Waals surface area contributed by atoms with E-state index < -0.39 is 0 Å². The summed E-state index contributed by atoms with van der Waals surface area (Å²) in [6.45, 7) is 0. The lowest BCUT2D eigenvalue weighted by Crippen LogP contribution is -2.02. The van der Waals surface area contributed by atoms with Crippen LogP contribution in [-0.2, 0) is 4.79 Å². The van der Waals surface area contributed by atoms with Gasteiger partial charge >= 0.3 is 0 Å². The first kappa shape index (κ1) is 13.3. The zero-order chi connectivity index (χ0) is 14.2. The number of allylic oxidation sites excluding steroid dienone is 2. The van der Waals surface area contributed by atoms with Crippen molar-refractivity contribution in [2.24, 2.45) is 17.8 Å². The lowest BCUT2D eigenvalue weighted by molar-refractivity contribution is -0.115. The molecule has 1 aromatic rings. The van der Waals surface area contributed by atoms with Crippen molar-refractivity contribution >= 4 is 5.78 Å². The zero-order valence-corrected chi connectivity index (χ0v) is 12.6. The Balaban J connectivity index is 1.41. The molecule has 0 heterocycles. The van der Waals surface area contributed by atoms with Crippen molar-refractivity contribution in [2.45, 2.75) is 50.9 Å². The summed E-state index contributed by atoms with van der Waals surface area (Å²) in [5, 5.41) is 0. The molecule has 110 valence electrons. The van der Waals surface area contributed by atoms with Crippen LogP contribution >= 0.6 is 0 Å². The maximum Gasteiger partial charge on any atom is 0.159 e. The van der Waals surface area contributed by atoms with E-state index in [1.165, 1.54) is 49.7 Å². The van der Waals surface area contributed by atoms with E-state index in [9.17, 15) is 4.79 Å². The van der Waals surface area contributed by atoms with E-state index in [0.29, 0.717) is 11.7 Å². The molecular weight excluding hydrogens is 256 g/mol. The second-order valence-corrected chi connectivity index (χ2v) is 7.35. The number of fused-ring (bicyclic) bond motifs is 2. The number of carbonyl (C=O) groups is 1. The van der Waals surface area contributed by atoms with Gasteiger partial charge in [0.2, 0.25) is 0 Å². The predicted octanol–water partition coefficient (Wildman–Crippen LogP) is 4.89. The Hall–Kier alpha value is -1.37. The van der Waals surface area contributed by atoms with Crippen molar-refractivity contribution in [3.8, 4) is 0 Å². The molecule has 1 nitrogen and oxygen atoms in total. The molecule has 0 aromatic heterocycles. The summed E-state index contributed by atoms with van der Waals surface area (Å²) in [6.07, 6.45) is 11.0. The number of hydrogen-bond acceptors (Lipinski definition) is 1. The van der Waals surface area contributed by atoms with E-state index in [1.807, 2.05) is 12.1 Å². The molecule has 3 aliphatic carbocycles. The standard InChI is InChI=1S/C20H24O/c21-20(19-13-18(19)17-4-2-1-3-5-17)12-16-9-7-14-6-8-15(10-14)11-16/h1-5,12,14-15,18-19H,6-11,13H2. The Labute approximate surface area is 127 Å². The Morgan fingerprint density at radius 1 is 1.00 bits per heavy atom. The third-order valence-electron chi connectivity index (χ3n) is 5.80. The van der Waals surface area contributed by atoms with Crippen LogP contribution in [-0.4, -0.2) is 5.78 Å². The van der Waals surface area contributed by atoms with Crippen LogP contribution in [0.25, 0.3) is 0 Å². The third kappa shape index (κ3) is 2.84. The van der Waals surface area contributed by atoms with Gasteiger partial charge in [0.1, 0.15) is 0 Å². The van der Waals surface area contributed by atoms with E-state index in [2.05, 4.69) is 24.3 Å². The van der Waals surface area contributed by atoms with Gasteiger partial charge in [-0.2, -0.15) is 0 Å². The molecule has 0 saturated heterocycles. The average Bonchev–Trinajstić information content (AvgIpc) is 3.21. The summed E-state index contributed by atoms with van der Waals surface area (Å²) >= 11 is 0. The quantitative estimate of drug-likeness (QED) is 0.721. The minimum absolute atomic E-state index is 0.264. The first-order valence-electron chi connectivity index (χ1n) is 8.58. The van der Waals surface area contributed by atoms with Crippen LogP contribution in [0.3, 0.4) is 0 Å². The molecule has 21 heavy (non-hydrogen) atoms. The number of ketones is 1. The van der Waals surface area contributed by atoms with Crippen LogP contribution in [0.15, 0.2) is 42.0 Å². The second kappa shape index (κ2) is 5.44. The molecule has 0 spiro atoms. The first-order chi connectivity index (χ1) is 10.3. The summed E-state index contributed by atoms with van der Waals surface area (Å²) in [4.78, 5) is 12.5. The second-order valence-electron chi connectivity index (χ2n) is 7.35. The van der Waals surface area contributed by atoms with Crippen LogP contribution in [0.1, 0.15) is 56.4 Å². The van der Waals surface area contributed by atoms with Gasteiger partial charge in [0, 0.05) is 5.92 Å². The number of carbonyl (C=O) groups excluding carboxylic acids is 1. The zero-order valence-electron chi connectivity index (χ0n) is 12.6. The number of hydrogen-bond donors (Lipinski definition) is 0. The topological polar surface area (TPSA) is 17.1 Å². The number of rotatable bonds is 3. The minimum Gasteiger partial charge on any atom is -0.295 e. The van der Waals surface area contributed by atoms with Crippen molar-refractivity contribution in [1.29, 1.82) is 0 Å². The summed E-state index contributed by atoms with van der Waals surface area (Å²) in [7, 11) is 0. The van der Waals surface area contributed by atoms with Crippen molar-refractivity contribution in [2.75, 3.05) is 0 Å². The first-order valence-corrected chi connectivity index (χ1v) is 8.58. The van der Waals surface area contributed by atoms with Gasteiger partial charge < -0.3 is 0 Å². The highest BCUT2D eigenvalue weighted by Crippen LogP contribution is 2.49. The molecule has 0 radical (unpaired) electrons. The Bertz CT molecular complexity index is 556. The van der Waals surface area contributed by atoms with E-state index >= 15 is 0 Å². The van der Waals surface area contributed by atoms with Gasteiger partial charge in [-0.05, 0) is 67.9 Å². The van der Waals surface area contributed by atoms with Crippen LogP contribution < -0.4 is 0 Å². The molecule has 3 aliphatic rings. The van der Waals surface area contributed by atoms with Gasteiger partial charge in [-0.1, -0.05) is 42.3 Å². The maximum absolute atomic E-state index is 12.5. The van der Waals surface area contributed by atoms with Gasteiger partial charge in [-0.3, -0.25) is 4.79 Å². The van der Waals surface area contributed by atoms with Gasteiger partial charge in [0.15, 0.2) is 5.78 Å². The highest BCUT2D eigenvalue weighted by molar-refractivity contribution is 5.95. The maximum atomic E-state index is 12.5. The molecule has 1 aromatic carbocycles. The molecule has 4 atom stereocenters. The SMILES string of the molecule is O=C(C=C1CCC2CCC(C1)C2)C1CC1c1ccccc1. The van der Waals surface area contributed by atoms with E-state index in [0.717, 1.165) is 18.3 Å². The highest BCUT2D eigenvalue weighted by Gasteiger charge is 2.42. The molecule has 0 N–H and O–H groups in total. The fourth-order valence-electron chi connectivity index (χ4n) is 4.51. The summed E-state index contributed by atoms with van der Waals surface area (Å²) < 4.78 is 0. The normalized spacial score (nSPS) is 36.5. The largest absolute Gasteiger partial charge is 0.295 e. The van der Waals surface area contributed by atoms with Crippen LogP contribution in [0.4, 0.5) is 0 Å². The van der Waals surface area contributed by atoms with Crippen LogP contribution in [0.5, 0.6) is 0 Å². The third-order valence-corrected chi connectivity index (χ3v) is 5.80. The lowest BCUT2D eigenvalue weighted by Gasteiger charge is -2.11. The monoisotopic (exact) mass is 280 g/mol. The molecule has 4 rings (SSSR count). The average molecular weight is 280 g/mol. The molecule has 2 bridgehead atoms. The summed E-state index contributed by atoms with van der Waals surface area (Å²) in [6, 6.07) is 10.5. The molecule has 1 heteroatoms. The summed E-state index contributed by atoms with van der Waals surface area (Å²) in [5.41, 5.74) is 2.79. The van der Waals surface area contributed by atoms with Crippen LogP contribution in [0, 0.1) is 17.8 Å². The van der Waals surface area contributed by atoms with Gasteiger partial charge in [-0.25, -0.2) is 0 Å². The van der Waals surface area contributed by atoms with E-state index in [1.54, 1.807) is 0 Å². The van der Waals surface area contributed by atoms with Gasteiger partial charge in [0.25, 0.3) is 0 Å². The highest BCUT2D eigenvalue weighted by atomic mass is 16.1. The molecule has 0 aliphatic heterocycles. The Kier molecular flexibility index (Phi) is 3.45. The lowest BCUT2D eigenvalue weighted by atomic mass is 9.94. The molecule has 0 amide bonds. The van der Waals surface area contributed by atoms with Crippen LogP contribution in [0.2, 0.25) is 0 Å². The van der Waals surface area contributed by atoms with Gasteiger partial charge in [0.05, 0.1) is 0 Å². The summed E-state index contributed by atoms with van der Waals surface area (Å²) in [5.74, 6) is 2.98. The fraction of sp³-hybridized carbons (Fsp3) is 0.550. The Morgan fingerprint density at radius 2 is 1.81 bits per heavy atom. The smallest absolute Gasteiger partial charge is 0.159 e. The predicted molar refractivity (Wildman–Crippen MR) is 85.1 cm³/mol. The molecule has 3 fully saturated rings. The fourth-order valence-corrected chi connectivity index (χ4v) is 4.51. The number of benzene rings is 1. The van der Waals surface area contributed by atoms with Crippen molar-refractivity contribution < 1.29 is 4.79 Å².